The molecule has 0 amide bonds. The normalized spacial score (nSPS) is 11.3. The minimum absolute atomic E-state index is 0.674. The van der Waals surface area contributed by atoms with Crippen LogP contribution in [-0.2, 0) is 0 Å². The van der Waals surface area contributed by atoms with Gasteiger partial charge in [-0.3, -0.25) is 0 Å². The minimum atomic E-state index is 0.674. The van der Waals surface area contributed by atoms with E-state index in [-0.39, 0.29) is 0 Å². The van der Waals surface area contributed by atoms with E-state index in [0.717, 1.165) is 27.7 Å². The number of fused-ring (bicyclic) bond motifs is 1. The maximum absolute atomic E-state index is 6.31. The molecule has 0 spiro atoms. The van der Waals surface area contributed by atoms with E-state index in [4.69, 9.17) is 11.6 Å². The lowest BCUT2D eigenvalue weighted by Gasteiger charge is -2.06. The van der Waals surface area contributed by atoms with Crippen LogP contribution in [0.5, 0.6) is 0 Å². The molecule has 19 heavy (non-hydrogen) atoms. The van der Waals surface area contributed by atoms with Crippen molar-refractivity contribution in [1.29, 1.82) is 0 Å². The third-order valence-corrected chi connectivity index (χ3v) is 3.14. The minimum Gasteiger partial charge on any atom is -0.248 e. The van der Waals surface area contributed by atoms with Crippen LogP contribution in [0.15, 0.2) is 62.2 Å². The molecule has 0 aliphatic rings. The highest BCUT2D eigenvalue weighted by Crippen LogP contribution is 2.27. The van der Waals surface area contributed by atoms with Crippen molar-refractivity contribution in [2.24, 2.45) is 0 Å². The number of nitrogens with zero attached hydrogens (tertiary/aromatic N) is 1. The van der Waals surface area contributed by atoms with Gasteiger partial charge in [0.2, 0.25) is 0 Å². The van der Waals surface area contributed by atoms with Gasteiger partial charge in [-0.15, -0.1) is 0 Å². The molecule has 0 atom stereocenters. The first-order valence-electron chi connectivity index (χ1n) is 5.88. The van der Waals surface area contributed by atoms with Gasteiger partial charge in [-0.25, -0.2) is 4.98 Å². The predicted molar refractivity (Wildman–Crippen MR) is 85.2 cm³/mol. The van der Waals surface area contributed by atoms with Crippen LogP contribution in [0.3, 0.4) is 0 Å². The average Bonchev–Trinajstić information content (AvgIpc) is 2.43. The number of halogens is 1. The Balaban J connectivity index is 2.71. The van der Waals surface area contributed by atoms with Crippen molar-refractivity contribution < 1.29 is 0 Å². The van der Waals surface area contributed by atoms with Crippen LogP contribution >= 0.6 is 11.6 Å². The summed E-state index contributed by atoms with van der Waals surface area (Å²) in [6.45, 7) is 11.2. The van der Waals surface area contributed by atoms with E-state index in [9.17, 15) is 0 Å². The Kier molecular flexibility index (Phi) is 3.98. The summed E-state index contributed by atoms with van der Waals surface area (Å²) >= 11 is 6.31. The van der Waals surface area contributed by atoms with Crippen molar-refractivity contribution in [2.45, 2.75) is 0 Å². The van der Waals surface area contributed by atoms with Crippen molar-refractivity contribution in [3.63, 3.8) is 0 Å². The van der Waals surface area contributed by atoms with Gasteiger partial charge < -0.3 is 0 Å². The molecule has 0 fully saturated rings. The van der Waals surface area contributed by atoms with Crippen LogP contribution in [0.25, 0.3) is 22.6 Å². The molecule has 94 valence electrons. The van der Waals surface area contributed by atoms with E-state index < -0.39 is 0 Å². The van der Waals surface area contributed by atoms with Crippen molar-refractivity contribution >= 4 is 34.2 Å². The summed E-state index contributed by atoms with van der Waals surface area (Å²) in [6, 6.07) is 7.73. The highest BCUT2D eigenvalue weighted by molar-refractivity contribution is 6.35. The van der Waals surface area contributed by atoms with Crippen molar-refractivity contribution in [2.75, 3.05) is 0 Å². The van der Waals surface area contributed by atoms with Crippen LogP contribution < -0.4 is 0 Å². The highest BCUT2D eigenvalue weighted by Gasteiger charge is 2.06. The number of hydrogen-bond donors (Lipinski definition) is 0. The summed E-state index contributed by atoms with van der Waals surface area (Å²) in [5, 5.41) is 1.60. The maximum Gasteiger partial charge on any atom is 0.0730 e. The van der Waals surface area contributed by atoms with Gasteiger partial charge in [0.15, 0.2) is 0 Å². The van der Waals surface area contributed by atoms with Crippen molar-refractivity contribution in [1.82, 2.24) is 4.98 Å². The molecule has 0 aliphatic heterocycles. The summed E-state index contributed by atoms with van der Waals surface area (Å²) in [7, 11) is 0. The zero-order chi connectivity index (χ0) is 13.8. The molecule has 1 aromatic carbocycles. The zero-order valence-corrected chi connectivity index (χ0v) is 11.3. The molecule has 0 aliphatic carbocycles. The van der Waals surface area contributed by atoms with Crippen LogP contribution in [0.4, 0.5) is 0 Å². The van der Waals surface area contributed by atoms with Gasteiger partial charge in [0.1, 0.15) is 0 Å². The molecular weight excluding hydrogens is 254 g/mol. The topological polar surface area (TPSA) is 12.9 Å². The summed E-state index contributed by atoms with van der Waals surface area (Å²) in [4.78, 5) is 4.61. The van der Waals surface area contributed by atoms with Crippen LogP contribution in [-0.4, -0.2) is 4.98 Å². The summed E-state index contributed by atoms with van der Waals surface area (Å²) in [5.74, 6) is 0. The molecular formula is C17H14ClN. The summed E-state index contributed by atoms with van der Waals surface area (Å²) in [6.07, 6.45) is 7.09. The van der Waals surface area contributed by atoms with Gasteiger partial charge in [-0.2, -0.15) is 0 Å². The van der Waals surface area contributed by atoms with Gasteiger partial charge in [0.05, 0.1) is 16.2 Å². The molecule has 0 saturated carbocycles. The first-order valence-corrected chi connectivity index (χ1v) is 6.25. The van der Waals surface area contributed by atoms with Gasteiger partial charge in [0.25, 0.3) is 0 Å². The number of rotatable bonds is 4. The van der Waals surface area contributed by atoms with E-state index in [1.165, 1.54) is 0 Å². The molecule has 0 bridgehead atoms. The van der Waals surface area contributed by atoms with E-state index in [0.29, 0.717) is 5.02 Å². The molecule has 0 radical (unpaired) electrons. The molecule has 0 N–H and O–H groups in total. The first-order chi connectivity index (χ1) is 9.19. The van der Waals surface area contributed by atoms with E-state index in [1.807, 2.05) is 30.3 Å². The maximum atomic E-state index is 6.31. The molecule has 2 rings (SSSR count). The fourth-order valence-electron chi connectivity index (χ4n) is 1.86. The molecule has 2 aromatic rings. The highest BCUT2D eigenvalue weighted by atomic mass is 35.5. The molecule has 1 nitrogen and oxygen atoms in total. The molecule has 1 aromatic heterocycles. The Hall–Kier alpha value is -2.12. The summed E-state index contributed by atoms with van der Waals surface area (Å²) in [5.41, 5.74) is 3.54. The lowest BCUT2D eigenvalue weighted by Crippen LogP contribution is -1.90. The van der Waals surface area contributed by atoms with Gasteiger partial charge in [-0.1, -0.05) is 67.8 Å². The second-order valence-corrected chi connectivity index (χ2v) is 4.44. The van der Waals surface area contributed by atoms with Crippen LogP contribution in [0, 0.1) is 0 Å². The SMILES string of the molecule is C=C/C=C(\C=C)c1cc(Cl)c2ccc(C=C)cc2n1. The fourth-order valence-corrected chi connectivity index (χ4v) is 2.13. The average molecular weight is 268 g/mol. The van der Waals surface area contributed by atoms with Crippen LogP contribution in [0.2, 0.25) is 5.02 Å². The monoisotopic (exact) mass is 267 g/mol. The second-order valence-electron chi connectivity index (χ2n) is 4.03. The third-order valence-electron chi connectivity index (χ3n) is 2.83. The van der Waals surface area contributed by atoms with Crippen molar-refractivity contribution in [3.05, 3.63) is 78.5 Å². The Morgan fingerprint density at radius 3 is 2.58 bits per heavy atom. The Morgan fingerprint density at radius 2 is 1.95 bits per heavy atom. The lowest BCUT2D eigenvalue weighted by molar-refractivity contribution is 1.35. The zero-order valence-electron chi connectivity index (χ0n) is 10.6. The van der Waals surface area contributed by atoms with E-state index in [2.05, 4.69) is 24.7 Å². The Labute approximate surface area is 118 Å². The van der Waals surface area contributed by atoms with Crippen LogP contribution in [0.1, 0.15) is 11.3 Å². The molecule has 0 saturated heterocycles. The number of benzene rings is 1. The quantitative estimate of drug-likeness (QED) is 0.686. The molecule has 0 unspecified atom stereocenters. The van der Waals surface area contributed by atoms with E-state index in [1.54, 1.807) is 18.2 Å². The summed E-state index contributed by atoms with van der Waals surface area (Å²) < 4.78 is 0. The molecule has 2 heteroatoms. The largest absolute Gasteiger partial charge is 0.248 e. The lowest BCUT2D eigenvalue weighted by atomic mass is 10.1. The second kappa shape index (κ2) is 5.68. The standard InChI is InChI=1S/C17H14ClN/c1-4-7-13(6-3)16-11-15(18)14-9-8-12(5-2)10-17(14)19-16/h4-11H,1-3H2/b13-7+. The Bertz CT molecular complexity index is 696. The van der Waals surface area contributed by atoms with Crippen molar-refractivity contribution in [3.8, 4) is 0 Å². The first kappa shape index (κ1) is 13.3. The predicted octanol–water partition coefficient (Wildman–Crippen LogP) is 5.29. The Morgan fingerprint density at radius 1 is 1.16 bits per heavy atom. The van der Waals surface area contributed by atoms with Gasteiger partial charge in [-0.05, 0) is 23.3 Å². The number of hydrogen-bond acceptors (Lipinski definition) is 1. The smallest absolute Gasteiger partial charge is 0.0730 e. The van der Waals surface area contributed by atoms with Gasteiger partial charge >= 0.3 is 0 Å². The third kappa shape index (κ3) is 2.67. The number of pyridine rings is 1. The molecule has 1 heterocycles. The van der Waals surface area contributed by atoms with Gasteiger partial charge in [0, 0.05) is 5.39 Å². The number of aromatic nitrogens is 1. The van der Waals surface area contributed by atoms with E-state index >= 15 is 0 Å². The fraction of sp³-hybridized carbons (Fsp3) is 0. The number of allylic oxidation sites excluding steroid dienone is 4.